The molecule has 0 heterocycles. The standard InChI is InChI=1S/C36H68N2O5S.C34H63NO5S/c1-6-9-12-15-16-18-21-31-42-34(39)26-22-28-38(36(41)44-32-30-37(4)5)29-23-27-35(40)43-33(24-19-14-11-8-3)25-20-17-13-10-7-2;1-4-7-10-13-15-18-21-30-39-32(36)26-22-28-35(34(38)41)29-23-27-33(37)40-31(24-19-16-12-9-6-3)25-20-17-14-11-8-5-2/h18,21,33H,6-17,19-20,22-32H2,1-5H3;18,21,31H,4-17,19-20,22-30H2,1-3H3,(H,38,41)/b2*21-18-. The highest BCUT2D eigenvalue weighted by atomic mass is 32.2. The Kier molecular flexibility index (Phi) is 64.7. The lowest BCUT2D eigenvalue weighted by molar-refractivity contribution is -0.151. The third-order valence-corrected chi connectivity index (χ3v) is 16.3. The first-order valence-electron chi connectivity index (χ1n) is 34.8. The number of nitrogens with zero attached hydrogens (tertiary/aromatic N) is 3. The van der Waals surface area contributed by atoms with Gasteiger partial charge in [0.15, 0.2) is 0 Å². The van der Waals surface area contributed by atoms with Crippen molar-refractivity contribution >= 4 is 58.7 Å². The zero-order chi connectivity index (χ0) is 63.1. The van der Waals surface area contributed by atoms with E-state index in [2.05, 4.69) is 71.2 Å². The minimum absolute atomic E-state index is 0.000157. The normalized spacial score (nSPS) is 12.1. The van der Waals surface area contributed by atoms with Crippen molar-refractivity contribution in [2.24, 2.45) is 0 Å². The third kappa shape index (κ3) is 61.0. The van der Waals surface area contributed by atoms with Gasteiger partial charge in [-0.15, -0.1) is 0 Å². The largest absolute Gasteiger partial charge is 0.462 e. The smallest absolute Gasteiger partial charge is 0.306 e. The molecule has 0 aromatic carbocycles. The monoisotopic (exact) mass is 1240 g/mol. The number of thiol groups is 1. The molecule has 498 valence electrons. The fourth-order valence-corrected chi connectivity index (χ4v) is 10.9. The highest BCUT2D eigenvalue weighted by Crippen LogP contribution is 2.20. The molecule has 0 N–H and O–H groups in total. The first-order chi connectivity index (χ1) is 41.3. The van der Waals surface area contributed by atoms with Crippen molar-refractivity contribution in [3.05, 3.63) is 24.3 Å². The van der Waals surface area contributed by atoms with Gasteiger partial charge in [-0.3, -0.25) is 28.8 Å². The van der Waals surface area contributed by atoms with Crippen molar-refractivity contribution in [2.75, 3.05) is 65.8 Å². The quantitative estimate of drug-likeness (QED) is 0.0203. The number of thioether (sulfide) groups is 1. The molecule has 0 radical (unpaired) electrons. The van der Waals surface area contributed by atoms with E-state index in [-0.39, 0.29) is 65.8 Å². The summed E-state index contributed by atoms with van der Waals surface area (Å²) in [5, 5.41) is -0.341. The van der Waals surface area contributed by atoms with Gasteiger partial charge in [-0.2, -0.15) is 0 Å². The van der Waals surface area contributed by atoms with Crippen LogP contribution < -0.4 is 0 Å². The summed E-state index contributed by atoms with van der Waals surface area (Å²) >= 11 is 5.28. The lowest BCUT2D eigenvalue weighted by Crippen LogP contribution is -2.31. The Labute approximate surface area is 532 Å². The molecular weight excluding hydrogens is 1110 g/mol. The van der Waals surface area contributed by atoms with E-state index < -0.39 is 0 Å². The van der Waals surface area contributed by atoms with Crippen molar-refractivity contribution < 1.29 is 47.7 Å². The maximum Gasteiger partial charge on any atom is 0.306 e. The summed E-state index contributed by atoms with van der Waals surface area (Å²) in [6.07, 6.45) is 51.0. The van der Waals surface area contributed by atoms with E-state index in [0.717, 1.165) is 70.8 Å². The molecule has 0 fully saturated rings. The molecule has 13 nitrogen and oxygen atoms in total. The predicted molar refractivity (Wildman–Crippen MR) is 362 cm³/mol. The summed E-state index contributed by atoms with van der Waals surface area (Å²) < 4.78 is 22.4. The van der Waals surface area contributed by atoms with Crippen molar-refractivity contribution in [3.63, 3.8) is 0 Å². The highest BCUT2D eigenvalue weighted by molar-refractivity contribution is 8.13. The lowest BCUT2D eigenvalue weighted by atomic mass is 10.0. The van der Waals surface area contributed by atoms with Crippen molar-refractivity contribution in [1.82, 2.24) is 14.7 Å². The molecule has 0 bridgehead atoms. The molecule has 0 aromatic rings. The van der Waals surface area contributed by atoms with Gasteiger partial charge in [-0.25, -0.2) is 0 Å². The van der Waals surface area contributed by atoms with Crippen LogP contribution in [0.25, 0.3) is 0 Å². The topological polar surface area (TPSA) is 149 Å². The predicted octanol–water partition coefficient (Wildman–Crippen LogP) is 19.6. The molecule has 0 saturated heterocycles. The van der Waals surface area contributed by atoms with Crippen molar-refractivity contribution in [1.29, 1.82) is 0 Å². The van der Waals surface area contributed by atoms with Crippen molar-refractivity contribution in [2.45, 2.75) is 323 Å². The summed E-state index contributed by atoms with van der Waals surface area (Å²) in [6, 6.07) is 0. The van der Waals surface area contributed by atoms with Crippen LogP contribution >= 0.6 is 24.4 Å². The van der Waals surface area contributed by atoms with Crippen LogP contribution in [0.3, 0.4) is 0 Å². The summed E-state index contributed by atoms with van der Waals surface area (Å²) in [7, 11) is 3.98. The summed E-state index contributed by atoms with van der Waals surface area (Å²) in [5.41, 5.74) is 0. The average molecular weight is 1240 g/mol. The molecule has 85 heavy (non-hydrogen) atoms. The molecule has 0 rings (SSSR count). The number of hydrogen-bond acceptors (Lipinski definition) is 12. The van der Waals surface area contributed by atoms with Crippen molar-refractivity contribution in [3.8, 4) is 0 Å². The molecule has 0 saturated carbocycles. The van der Waals surface area contributed by atoms with E-state index in [1.165, 1.54) is 166 Å². The minimum Gasteiger partial charge on any atom is -0.462 e. The highest BCUT2D eigenvalue weighted by Gasteiger charge is 2.20. The fourth-order valence-electron chi connectivity index (χ4n) is 9.75. The van der Waals surface area contributed by atoms with Gasteiger partial charge in [0.25, 0.3) is 10.5 Å². The Morgan fingerprint density at radius 3 is 1.02 bits per heavy atom. The van der Waals surface area contributed by atoms with E-state index in [9.17, 15) is 28.8 Å². The van der Waals surface area contributed by atoms with Crippen LogP contribution in [0.4, 0.5) is 9.59 Å². The van der Waals surface area contributed by atoms with Crippen LogP contribution in [0.15, 0.2) is 24.3 Å². The van der Waals surface area contributed by atoms with E-state index in [1.807, 2.05) is 26.2 Å². The van der Waals surface area contributed by atoms with Gasteiger partial charge in [0, 0.05) is 64.2 Å². The van der Waals surface area contributed by atoms with E-state index in [4.69, 9.17) is 18.9 Å². The van der Waals surface area contributed by atoms with Gasteiger partial charge >= 0.3 is 23.9 Å². The Morgan fingerprint density at radius 1 is 0.376 bits per heavy atom. The molecule has 0 spiro atoms. The molecule has 15 heteroatoms. The number of amides is 2. The SMILES string of the molecule is CCCCCC/C=C\COC(=O)CCCN(CCCC(=O)OC(CCCCCC)CCCCCCC)C(=O)SCCN(C)C.CCCCCC/C=C\COC(=O)CCCN(CCCC(=O)OC(CCCCCCC)CCCCCCCC)C(=O)S. The van der Waals surface area contributed by atoms with Gasteiger partial charge in [0.2, 0.25) is 0 Å². The molecule has 0 aromatic heterocycles. The third-order valence-electron chi connectivity index (χ3n) is 15.1. The fraction of sp³-hybridized carbons (Fsp3) is 0.857. The number of allylic oxidation sites excluding steroid dienone is 2. The zero-order valence-corrected chi connectivity index (χ0v) is 57.8. The maximum absolute atomic E-state index is 13.0. The van der Waals surface area contributed by atoms with E-state index in [0.29, 0.717) is 77.2 Å². The molecule has 2 unspecified atom stereocenters. The number of unbranched alkanes of at least 4 members (excludes halogenated alkanes) is 24. The van der Waals surface area contributed by atoms with Gasteiger partial charge in [-0.1, -0.05) is 231 Å². The maximum atomic E-state index is 13.0. The van der Waals surface area contributed by atoms with Gasteiger partial charge < -0.3 is 33.6 Å². The minimum atomic E-state index is -0.342. The summed E-state index contributed by atoms with van der Waals surface area (Å²) in [5.74, 6) is -0.134. The first kappa shape index (κ1) is 84.0. The summed E-state index contributed by atoms with van der Waals surface area (Å²) in [6.45, 7) is 16.5. The number of hydrogen-bond donors (Lipinski definition) is 1. The molecule has 0 aliphatic rings. The van der Waals surface area contributed by atoms with Crippen LogP contribution in [-0.2, 0) is 38.1 Å². The van der Waals surface area contributed by atoms with E-state index >= 15 is 0 Å². The van der Waals surface area contributed by atoms with Crippen LogP contribution in [0.1, 0.15) is 311 Å². The number of carbonyl (C=O) groups is 6. The van der Waals surface area contributed by atoms with Crippen LogP contribution in [-0.4, -0.2) is 127 Å². The second kappa shape index (κ2) is 65.4. The second-order valence-electron chi connectivity index (χ2n) is 23.6. The Bertz CT molecular complexity index is 1630. The first-order valence-corrected chi connectivity index (χ1v) is 36.3. The zero-order valence-electron chi connectivity index (χ0n) is 56.1. The molecule has 0 aliphatic heterocycles. The lowest BCUT2D eigenvalue weighted by Gasteiger charge is -2.23. The van der Waals surface area contributed by atoms with Crippen LogP contribution in [0.2, 0.25) is 0 Å². The van der Waals surface area contributed by atoms with Crippen LogP contribution in [0.5, 0.6) is 0 Å². The van der Waals surface area contributed by atoms with Gasteiger partial charge in [0.05, 0.1) is 0 Å². The molecule has 2 atom stereocenters. The Hall–Kier alpha value is -3.04. The van der Waals surface area contributed by atoms with Gasteiger partial charge in [-0.05, 0) is 117 Å². The summed E-state index contributed by atoms with van der Waals surface area (Å²) in [4.78, 5) is 80.0. The number of ether oxygens (including phenoxy) is 4. The van der Waals surface area contributed by atoms with Crippen LogP contribution in [0, 0.1) is 0 Å². The Balaban J connectivity index is 0. The number of esters is 4. The molecular formula is C70H131N3O10S2. The average Bonchev–Trinajstić information content (AvgIpc) is 3.50. The Morgan fingerprint density at radius 2 is 0.682 bits per heavy atom. The number of carbonyl (C=O) groups excluding carboxylic acids is 6. The molecule has 0 aliphatic carbocycles. The second-order valence-corrected chi connectivity index (χ2v) is 25.1. The van der Waals surface area contributed by atoms with Gasteiger partial charge in [0.1, 0.15) is 25.4 Å². The number of rotatable bonds is 59. The molecule has 2 amide bonds. The van der Waals surface area contributed by atoms with E-state index in [1.54, 1.807) is 9.80 Å².